The average Bonchev–Trinajstić information content (AvgIpc) is 2.66. The third-order valence-corrected chi connectivity index (χ3v) is 4.99. The molecule has 29 heavy (non-hydrogen) atoms. The first kappa shape index (κ1) is 23.6. The van der Waals surface area contributed by atoms with E-state index in [1.54, 1.807) is 17.0 Å². The predicted molar refractivity (Wildman–Crippen MR) is 129 cm³/mol. The van der Waals surface area contributed by atoms with E-state index >= 15 is 0 Å². The third-order valence-electron chi connectivity index (χ3n) is 4.42. The van der Waals surface area contributed by atoms with E-state index in [9.17, 15) is 4.79 Å². The molecule has 3 rings (SSSR count). The van der Waals surface area contributed by atoms with Crippen LogP contribution in [0.1, 0.15) is 24.9 Å². The molecule has 2 aromatic rings. The van der Waals surface area contributed by atoms with Gasteiger partial charge in [-0.05, 0) is 43.2 Å². The topological polar surface area (TPSA) is 80.0 Å². The second kappa shape index (κ2) is 10.9. The minimum absolute atomic E-state index is 0. The molecule has 6 nitrogen and oxygen atoms in total. The van der Waals surface area contributed by atoms with Gasteiger partial charge in [-0.2, -0.15) is 0 Å². The molecule has 0 aromatic heterocycles. The van der Waals surface area contributed by atoms with E-state index in [1.807, 2.05) is 37.3 Å². The molecule has 0 aliphatic carbocycles. The van der Waals surface area contributed by atoms with Gasteiger partial charge in [-0.3, -0.25) is 9.79 Å². The molecule has 1 aliphatic heterocycles. The number of carbonyl (C=O) groups excluding carboxylic acids is 1. The van der Waals surface area contributed by atoms with Crippen molar-refractivity contribution < 1.29 is 9.53 Å². The molecule has 0 spiro atoms. The second-order valence-electron chi connectivity index (χ2n) is 6.45. The minimum atomic E-state index is -0.110. The van der Waals surface area contributed by atoms with Crippen molar-refractivity contribution in [1.82, 2.24) is 5.32 Å². The van der Waals surface area contributed by atoms with E-state index in [0.717, 1.165) is 17.0 Å². The van der Waals surface area contributed by atoms with E-state index in [2.05, 4.69) is 10.3 Å². The van der Waals surface area contributed by atoms with Crippen LogP contribution in [-0.2, 0) is 4.79 Å². The van der Waals surface area contributed by atoms with Gasteiger partial charge in [-0.15, -0.1) is 24.0 Å². The number of nitrogens with two attached hydrogens (primary N) is 1. The quantitative estimate of drug-likeness (QED) is 0.243. The van der Waals surface area contributed by atoms with Crippen molar-refractivity contribution in [3.63, 3.8) is 0 Å². The number of ether oxygens (including phenoxy) is 1. The van der Waals surface area contributed by atoms with Crippen molar-refractivity contribution in [1.29, 1.82) is 0 Å². The summed E-state index contributed by atoms with van der Waals surface area (Å²) >= 11 is 12.2. The Morgan fingerprint density at radius 1 is 1.31 bits per heavy atom. The Kier molecular flexibility index (Phi) is 8.85. The van der Waals surface area contributed by atoms with Crippen molar-refractivity contribution in [3.05, 3.63) is 58.1 Å². The van der Waals surface area contributed by atoms with E-state index in [1.165, 1.54) is 0 Å². The third kappa shape index (κ3) is 6.13. The first-order valence-electron chi connectivity index (χ1n) is 8.99. The number of amides is 1. The summed E-state index contributed by atoms with van der Waals surface area (Å²) in [6.45, 7) is 3.05. The largest absolute Gasteiger partial charge is 0.482 e. The number of fused-ring (bicyclic) bond motifs is 1. The standard InChI is InChI=1S/C20H22Cl2N4O2.HI/c1-13(15-8-7-14(21)11-16(15)22)25-20(23)24-9-4-10-26-17-5-2-3-6-18(17)28-12-19(26)27;/h2-3,5-8,11,13H,4,9-10,12H2,1H3,(H3,23,24,25);1H. The Bertz CT molecular complexity index is 895. The van der Waals surface area contributed by atoms with Crippen LogP contribution in [0.5, 0.6) is 5.75 Å². The number of nitrogens with one attached hydrogen (secondary N) is 1. The summed E-state index contributed by atoms with van der Waals surface area (Å²) in [6, 6.07) is 12.7. The molecule has 0 bridgehead atoms. The number of guanidine groups is 1. The Morgan fingerprint density at radius 2 is 2.07 bits per heavy atom. The van der Waals surface area contributed by atoms with Crippen molar-refractivity contribution in [2.45, 2.75) is 19.4 Å². The summed E-state index contributed by atoms with van der Waals surface area (Å²) in [7, 11) is 0. The molecule has 156 valence electrons. The summed E-state index contributed by atoms with van der Waals surface area (Å²) in [5.41, 5.74) is 7.66. The van der Waals surface area contributed by atoms with Gasteiger partial charge >= 0.3 is 0 Å². The maximum atomic E-state index is 12.1. The SMILES string of the molecule is CC(NC(N)=NCCCN1C(=O)COc2ccccc21)c1ccc(Cl)cc1Cl.I. The average molecular weight is 549 g/mol. The lowest BCUT2D eigenvalue weighted by atomic mass is 10.1. The predicted octanol–water partition coefficient (Wildman–Crippen LogP) is 4.39. The van der Waals surface area contributed by atoms with E-state index in [0.29, 0.717) is 35.5 Å². The van der Waals surface area contributed by atoms with Crippen LogP contribution < -0.4 is 20.7 Å². The fourth-order valence-corrected chi connectivity index (χ4v) is 3.60. The number of nitrogens with zero attached hydrogens (tertiary/aromatic N) is 2. The Hall–Kier alpha value is -1.71. The highest BCUT2D eigenvalue weighted by Gasteiger charge is 2.24. The number of carbonyl (C=O) groups is 1. The number of anilines is 1. The van der Waals surface area contributed by atoms with Crippen LogP contribution in [-0.4, -0.2) is 31.6 Å². The molecule has 1 aliphatic rings. The zero-order chi connectivity index (χ0) is 20.1. The van der Waals surface area contributed by atoms with Gasteiger partial charge in [0.1, 0.15) is 5.75 Å². The lowest BCUT2D eigenvalue weighted by Gasteiger charge is -2.29. The van der Waals surface area contributed by atoms with Gasteiger partial charge in [0.05, 0.1) is 11.7 Å². The summed E-state index contributed by atoms with van der Waals surface area (Å²) in [5.74, 6) is 0.993. The molecule has 3 N–H and O–H groups in total. The van der Waals surface area contributed by atoms with Crippen LogP contribution in [0.2, 0.25) is 10.0 Å². The van der Waals surface area contributed by atoms with Gasteiger partial charge in [0.25, 0.3) is 5.91 Å². The maximum absolute atomic E-state index is 12.1. The molecular weight excluding hydrogens is 526 g/mol. The van der Waals surface area contributed by atoms with E-state index in [4.69, 9.17) is 33.7 Å². The lowest BCUT2D eigenvalue weighted by Crippen LogP contribution is -2.39. The van der Waals surface area contributed by atoms with Gasteiger partial charge in [0.15, 0.2) is 12.6 Å². The van der Waals surface area contributed by atoms with Crippen molar-refractivity contribution in [2.24, 2.45) is 10.7 Å². The van der Waals surface area contributed by atoms with Gasteiger partial charge < -0.3 is 20.7 Å². The first-order valence-corrected chi connectivity index (χ1v) is 9.75. The highest BCUT2D eigenvalue weighted by atomic mass is 127. The van der Waals surface area contributed by atoms with Gasteiger partial charge in [-0.25, -0.2) is 0 Å². The lowest BCUT2D eigenvalue weighted by molar-refractivity contribution is -0.121. The van der Waals surface area contributed by atoms with Crippen molar-refractivity contribution >= 4 is 64.7 Å². The molecule has 0 fully saturated rings. The molecule has 0 radical (unpaired) electrons. The molecule has 9 heteroatoms. The fraction of sp³-hybridized carbons (Fsp3) is 0.300. The highest BCUT2D eigenvalue weighted by Crippen LogP contribution is 2.31. The van der Waals surface area contributed by atoms with Crippen LogP contribution in [0.3, 0.4) is 0 Å². The highest BCUT2D eigenvalue weighted by molar-refractivity contribution is 14.0. The number of halogens is 3. The van der Waals surface area contributed by atoms with E-state index < -0.39 is 0 Å². The number of rotatable bonds is 6. The molecular formula is C20H23Cl2IN4O2. The molecule has 0 saturated carbocycles. The number of benzene rings is 2. The molecule has 1 amide bonds. The van der Waals surface area contributed by atoms with Crippen LogP contribution in [0.15, 0.2) is 47.5 Å². The van der Waals surface area contributed by atoms with E-state index in [-0.39, 0.29) is 42.5 Å². The smallest absolute Gasteiger partial charge is 0.265 e. The molecule has 0 saturated heterocycles. The summed E-state index contributed by atoms with van der Waals surface area (Å²) < 4.78 is 5.45. The Labute approximate surface area is 197 Å². The molecule has 1 atom stereocenters. The minimum Gasteiger partial charge on any atom is -0.482 e. The maximum Gasteiger partial charge on any atom is 0.265 e. The van der Waals surface area contributed by atoms with Crippen LogP contribution in [0, 0.1) is 0 Å². The zero-order valence-corrected chi connectivity index (χ0v) is 19.7. The monoisotopic (exact) mass is 548 g/mol. The van der Waals surface area contributed by atoms with Crippen LogP contribution in [0.25, 0.3) is 0 Å². The second-order valence-corrected chi connectivity index (χ2v) is 7.30. The summed E-state index contributed by atoms with van der Waals surface area (Å²) in [5, 5.41) is 4.28. The summed E-state index contributed by atoms with van der Waals surface area (Å²) in [4.78, 5) is 18.2. The van der Waals surface area contributed by atoms with Crippen molar-refractivity contribution in [3.8, 4) is 5.75 Å². The number of para-hydroxylation sites is 2. The number of hydrogen-bond acceptors (Lipinski definition) is 3. The van der Waals surface area contributed by atoms with Gasteiger partial charge in [0, 0.05) is 23.1 Å². The van der Waals surface area contributed by atoms with Crippen LogP contribution in [0.4, 0.5) is 5.69 Å². The number of hydrogen-bond donors (Lipinski definition) is 2. The first-order chi connectivity index (χ1) is 13.5. The van der Waals surface area contributed by atoms with Gasteiger partial charge in [0.2, 0.25) is 0 Å². The normalized spacial score (nSPS) is 14.5. The molecule has 1 heterocycles. The van der Waals surface area contributed by atoms with Crippen molar-refractivity contribution in [2.75, 3.05) is 24.6 Å². The van der Waals surface area contributed by atoms with Crippen LogP contribution >= 0.6 is 47.2 Å². The Balaban J connectivity index is 0.00000300. The summed E-state index contributed by atoms with van der Waals surface area (Å²) in [6.07, 6.45) is 0.679. The number of aliphatic imine (C=N–C) groups is 1. The zero-order valence-electron chi connectivity index (χ0n) is 15.9. The molecule has 2 aromatic carbocycles. The fourth-order valence-electron chi connectivity index (χ4n) is 3.03. The molecule has 1 unspecified atom stereocenters. The Morgan fingerprint density at radius 3 is 2.83 bits per heavy atom. The van der Waals surface area contributed by atoms with Gasteiger partial charge in [-0.1, -0.05) is 41.4 Å².